The zero-order valence-electron chi connectivity index (χ0n) is 29.0. The minimum atomic E-state index is -0.495. The second kappa shape index (κ2) is 15.7. The van der Waals surface area contributed by atoms with Crippen molar-refractivity contribution in [3.05, 3.63) is 131 Å². The average Bonchev–Trinajstić information content (AvgIpc) is 3.73. The smallest absolute Gasteiger partial charge is 0.365 e. The minimum Gasteiger partial charge on any atom is -0.496 e. The van der Waals surface area contributed by atoms with Crippen molar-refractivity contribution >= 4 is 50.1 Å². The Balaban J connectivity index is 0.000000170. The van der Waals surface area contributed by atoms with Crippen molar-refractivity contribution in [2.24, 2.45) is 0 Å². The average molecular weight is 710 g/mol. The lowest BCUT2D eigenvalue weighted by Gasteiger charge is -2.14. The number of nitrogens with zero attached hydrogens (tertiary/aromatic N) is 3. The molecule has 2 N–H and O–H groups in total. The summed E-state index contributed by atoms with van der Waals surface area (Å²) >= 11 is 0. The number of fused-ring (bicyclic) bond motifs is 3. The van der Waals surface area contributed by atoms with E-state index in [1.165, 1.54) is 6.20 Å². The number of benzene rings is 4. The number of rotatable bonds is 8. The molecule has 12 nitrogen and oxygen atoms in total. The lowest BCUT2D eigenvalue weighted by atomic mass is 10.0. The molecule has 1 atom stereocenters. The molecule has 53 heavy (non-hydrogen) atoms. The van der Waals surface area contributed by atoms with Crippen molar-refractivity contribution in [2.45, 2.75) is 18.9 Å². The van der Waals surface area contributed by atoms with E-state index < -0.39 is 5.63 Å². The van der Waals surface area contributed by atoms with Gasteiger partial charge in [-0.1, -0.05) is 48.5 Å². The largest absolute Gasteiger partial charge is 0.496 e. The van der Waals surface area contributed by atoms with Crippen LogP contribution in [0.25, 0.3) is 44.0 Å². The first-order valence-electron chi connectivity index (χ1n) is 17.0. The van der Waals surface area contributed by atoms with Crippen molar-refractivity contribution in [3.8, 4) is 23.0 Å². The lowest BCUT2D eigenvalue weighted by molar-refractivity contribution is 0.0854. The topological polar surface area (TPSA) is 155 Å². The molecule has 1 unspecified atom stereocenters. The van der Waals surface area contributed by atoms with E-state index in [4.69, 9.17) is 18.6 Å². The first-order chi connectivity index (χ1) is 25.9. The van der Waals surface area contributed by atoms with Gasteiger partial charge in [-0.25, -0.2) is 19.7 Å². The van der Waals surface area contributed by atoms with E-state index in [0.717, 1.165) is 52.3 Å². The van der Waals surface area contributed by atoms with Crippen LogP contribution in [0.5, 0.6) is 11.5 Å². The van der Waals surface area contributed by atoms with Crippen LogP contribution in [0.15, 0.2) is 119 Å². The molecule has 266 valence electrons. The third-order valence-electron chi connectivity index (χ3n) is 8.86. The maximum atomic E-state index is 13.0. The predicted octanol–water partition coefficient (Wildman–Crippen LogP) is 6.82. The van der Waals surface area contributed by atoms with Gasteiger partial charge in [0.05, 0.1) is 26.0 Å². The summed E-state index contributed by atoms with van der Waals surface area (Å²) in [5.41, 5.74) is 2.00. The summed E-state index contributed by atoms with van der Waals surface area (Å²) in [7, 11) is 3.22. The van der Waals surface area contributed by atoms with E-state index in [1.807, 2.05) is 60.7 Å². The highest BCUT2D eigenvalue weighted by Crippen LogP contribution is 2.34. The van der Waals surface area contributed by atoms with Gasteiger partial charge in [0, 0.05) is 47.4 Å². The zero-order chi connectivity index (χ0) is 36.7. The summed E-state index contributed by atoms with van der Waals surface area (Å²) in [6.45, 7) is 1.15. The van der Waals surface area contributed by atoms with Gasteiger partial charge < -0.3 is 29.3 Å². The number of aromatic nitrogens is 3. The third kappa shape index (κ3) is 7.39. The molecule has 4 heterocycles. The Kier molecular flexibility index (Phi) is 10.3. The number of carbonyl (C=O) groups is 2. The molecule has 0 radical (unpaired) electrons. The Bertz CT molecular complexity index is 2510. The van der Waals surface area contributed by atoms with Gasteiger partial charge in [0.15, 0.2) is 11.2 Å². The highest BCUT2D eigenvalue weighted by molar-refractivity contribution is 6.15. The van der Waals surface area contributed by atoms with Gasteiger partial charge >= 0.3 is 5.63 Å². The van der Waals surface area contributed by atoms with Gasteiger partial charge in [0.25, 0.3) is 11.8 Å². The molecule has 2 amide bonds. The predicted molar refractivity (Wildman–Crippen MR) is 202 cm³/mol. The molecule has 0 bridgehead atoms. The van der Waals surface area contributed by atoms with E-state index >= 15 is 0 Å². The highest BCUT2D eigenvalue weighted by atomic mass is 16.5. The number of anilines is 1. The number of pyridine rings is 2. The summed E-state index contributed by atoms with van der Waals surface area (Å²) in [5.74, 6) is 1.05. The molecule has 1 fully saturated rings. The molecule has 0 aliphatic carbocycles. The molecule has 1 aliphatic heterocycles. The number of hydrogen-bond acceptors (Lipinski definition) is 10. The van der Waals surface area contributed by atoms with Crippen molar-refractivity contribution in [1.82, 2.24) is 20.3 Å². The molecule has 3 aromatic heterocycles. The normalized spacial score (nSPS) is 13.7. The molecular formula is C41H35N5O7. The van der Waals surface area contributed by atoms with E-state index in [2.05, 4.69) is 25.6 Å². The SMILES string of the molecule is COc1ccc(-c2nc3cccnc3c(=O)o2)c2ccccc12.COc1ccc(C(=O)Nc2cccnc2C(=O)NCC2CCCO2)c2ccccc12. The van der Waals surface area contributed by atoms with Gasteiger partial charge in [-0.2, -0.15) is 0 Å². The van der Waals surface area contributed by atoms with Gasteiger partial charge in [-0.3, -0.25) is 9.59 Å². The van der Waals surface area contributed by atoms with Crippen LogP contribution in [0.4, 0.5) is 5.69 Å². The second-order valence-corrected chi connectivity index (χ2v) is 12.1. The molecule has 0 spiro atoms. The van der Waals surface area contributed by atoms with Crippen molar-refractivity contribution in [3.63, 3.8) is 0 Å². The van der Waals surface area contributed by atoms with Crippen LogP contribution in [0.2, 0.25) is 0 Å². The number of ether oxygens (including phenoxy) is 3. The lowest BCUT2D eigenvalue weighted by Crippen LogP contribution is -2.33. The maximum Gasteiger partial charge on any atom is 0.365 e. The van der Waals surface area contributed by atoms with Crippen LogP contribution in [-0.2, 0) is 4.74 Å². The summed E-state index contributed by atoms with van der Waals surface area (Å²) in [5, 5.41) is 9.12. The standard InChI is InChI=1S/C23H23N3O4.C18H12N2O3/c1-29-20-11-10-18(16-7-2-3-8-17(16)20)22(27)26-19-9-4-12-24-21(19)23(28)25-14-15-6-5-13-30-15;1-22-15-9-8-13(11-5-2-3-6-12(11)15)17-20-14-7-4-10-19-16(14)18(21)23-17/h2-4,7-12,15H,5-6,13-14H2,1H3,(H,25,28)(H,26,27);2-10H,1H3. The van der Waals surface area contributed by atoms with Crippen molar-refractivity contribution in [1.29, 1.82) is 0 Å². The highest BCUT2D eigenvalue weighted by Gasteiger charge is 2.21. The van der Waals surface area contributed by atoms with Crippen LogP contribution in [0, 0.1) is 0 Å². The number of carbonyl (C=O) groups excluding carboxylic acids is 2. The Hall–Kier alpha value is -6.66. The molecule has 1 saturated heterocycles. The molecule has 7 aromatic rings. The van der Waals surface area contributed by atoms with Crippen LogP contribution >= 0.6 is 0 Å². The second-order valence-electron chi connectivity index (χ2n) is 12.1. The maximum absolute atomic E-state index is 13.0. The quantitative estimate of drug-likeness (QED) is 0.172. The number of methoxy groups -OCH3 is 2. The Labute approximate surface area is 303 Å². The minimum absolute atomic E-state index is 0.0290. The fourth-order valence-electron chi connectivity index (χ4n) is 6.28. The fourth-order valence-corrected chi connectivity index (χ4v) is 6.28. The van der Waals surface area contributed by atoms with E-state index in [0.29, 0.717) is 29.1 Å². The zero-order valence-corrected chi connectivity index (χ0v) is 29.0. The molecule has 0 saturated carbocycles. The summed E-state index contributed by atoms with van der Waals surface area (Å²) in [6.07, 6.45) is 5.03. The van der Waals surface area contributed by atoms with Crippen LogP contribution in [0.1, 0.15) is 33.7 Å². The van der Waals surface area contributed by atoms with Crippen LogP contribution in [-0.4, -0.2) is 60.2 Å². The Morgan fingerprint density at radius 3 is 2.19 bits per heavy atom. The molecule has 8 rings (SSSR count). The summed E-state index contributed by atoms with van der Waals surface area (Å²) < 4.78 is 21.7. The van der Waals surface area contributed by atoms with Crippen LogP contribution in [0.3, 0.4) is 0 Å². The first kappa shape index (κ1) is 34.8. The van der Waals surface area contributed by atoms with E-state index in [-0.39, 0.29) is 35.0 Å². The van der Waals surface area contributed by atoms with E-state index in [9.17, 15) is 14.4 Å². The van der Waals surface area contributed by atoms with Gasteiger partial charge in [-0.05, 0) is 72.1 Å². The van der Waals surface area contributed by atoms with Crippen molar-refractivity contribution in [2.75, 3.05) is 32.7 Å². The molecule has 1 aliphatic rings. The van der Waals surface area contributed by atoms with Gasteiger partial charge in [0.2, 0.25) is 5.89 Å². The molecule has 4 aromatic carbocycles. The van der Waals surface area contributed by atoms with E-state index in [1.54, 1.807) is 56.8 Å². The number of hydrogen-bond donors (Lipinski definition) is 2. The summed E-state index contributed by atoms with van der Waals surface area (Å²) in [6, 6.07) is 29.3. The van der Waals surface area contributed by atoms with Crippen LogP contribution < -0.4 is 25.7 Å². The first-order valence-corrected chi connectivity index (χ1v) is 17.0. The number of amides is 2. The number of nitrogens with one attached hydrogen (secondary N) is 2. The van der Waals surface area contributed by atoms with Crippen molar-refractivity contribution < 1.29 is 28.2 Å². The van der Waals surface area contributed by atoms with Gasteiger partial charge in [0.1, 0.15) is 17.0 Å². The monoisotopic (exact) mass is 709 g/mol. The third-order valence-corrected chi connectivity index (χ3v) is 8.86. The fraction of sp³-hybridized carbons (Fsp3) is 0.171. The Morgan fingerprint density at radius 1 is 0.774 bits per heavy atom. The van der Waals surface area contributed by atoms with Gasteiger partial charge in [-0.15, -0.1) is 0 Å². The summed E-state index contributed by atoms with van der Waals surface area (Å²) in [4.78, 5) is 50.4. The Morgan fingerprint density at radius 2 is 1.45 bits per heavy atom. The molecule has 12 heteroatoms. The molecular weight excluding hydrogens is 674 g/mol.